The van der Waals surface area contributed by atoms with E-state index in [2.05, 4.69) is 15.3 Å². The first-order valence-corrected chi connectivity index (χ1v) is 13.1. The van der Waals surface area contributed by atoms with Crippen molar-refractivity contribution in [2.45, 2.75) is 11.8 Å². The standard InChI is InChI=1S/C27H29N3O9S/c1-18-6-10-21(11-7-18)40(33,34)30(22-12-9-20(35-2)15-24(22)36-3)17-26(31)29-28-16-19-8-13-23(25(14-19)37-4)39-27(32)38-5/h6-16H,17H2,1-5H3,(H,29,31). The lowest BCUT2D eigenvalue weighted by Gasteiger charge is -2.25. The third-order valence-corrected chi connectivity index (χ3v) is 7.28. The molecule has 0 unspecified atom stereocenters. The lowest BCUT2D eigenvalue weighted by Crippen LogP contribution is -2.39. The van der Waals surface area contributed by atoms with Gasteiger partial charge in [0, 0.05) is 6.07 Å². The van der Waals surface area contributed by atoms with Crippen LogP contribution >= 0.6 is 0 Å². The molecule has 0 spiro atoms. The van der Waals surface area contributed by atoms with Crippen LogP contribution in [0.3, 0.4) is 0 Å². The van der Waals surface area contributed by atoms with Crippen molar-refractivity contribution in [3.63, 3.8) is 0 Å². The average molecular weight is 572 g/mol. The molecule has 0 aliphatic rings. The van der Waals surface area contributed by atoms with E-state index in [1.54, 1.807) is 24.3 Å². The van der Waals surface area contributed by atoms with E-state index >= 15 is 0 Å². The van der Waals surface area contributed by atoms with Crippen molar-refractivity contribution in [1.29, 1.82) is 0 Å². The Morgan fingerprint density at radius 2 is 1.57 bits per heavy atom. The molecule has 0 heterocycles. The highest BCUT2D eigenvalue weighted by Crippen LogP contribution is 2.35. The number of anilines is 1. The molecule has 1 N–H and O–H groups in total. The van der Waals surface area contributed by atoms with Gasteiger partial charge in [-0.05, 0) is 55.0 Å². The normalized spacial score (nSPS) is 11.0. The molecular formula is C27H29N3O9S. The zero-order chi connectivity index (χ0) is 29.3. The number of ether oxygens (including phenoxy) is 5. The van der Waals surface area contributed by atoms with Crippen LogP contribution < -0.4 is 28.7 Å². The first-order chi connectivity index (χ1) is 19.1. The average Bonchev–Trinajstić information content (AvgIpc) is 2.96. The largest absolute Gasteiger partial charge is 0.513 e. The van der Waals surface area contributed by atoms with Gasteiger partial charge in [-0.15, -0.1) is 0 Å². The van der Waals surface area contributed by atoms with Gasteiger partial charge in [0.25, 0.3) is 15.9 Å². The smallest absolute Gasteiger partial charge is 0.497 e. The van der Waals surface area contributed by atoms with Crippen molar-refractivity contribution in [2.24, 2.45) is 5.10 Å². The molecule has 3 aromatic carbocycles. The van der Waals surface area contributed by atoms with Gasteiger partial charge in [-0.3, -0.25) is 9.10 Å². The fourth-order valence-electron chi connectivity index (χ4n) is 3.45. The Hall–Kier alpha value is -4.78. The van der Waals surface area contributed by atoms with Crippen LogP contribution in [0.5, 0.6) is 23.0 Å². The summed E-state index contributed by atoms with van der Waals surface area (Å²) in [6.07, 6.45) is 0.403. The number of carbonyl (C=O) groups is 2. The minimum atomic E-state index is -4.19. The Balaban J connectivity index is 1.86. The molecular weight excluding hydrogens is 542 g/mol. The summed E-state index contributed by atoms with van der Waals surface area (Å²) in [5.41, 5.74) is 3.84. The Morgan fingerprint density at radius 1 is 0.875 bits per heavy atom. The number of aryl methyl sites for hydroxylation is 1. The second-order valence-corrected chi connectivity index (χ2v) is 9.98. The first kappa shape index (κ1) is 29.8. The Kier molecular flexibility index (Phi) is 9.92. The van der Waals surface area contributed by atoms with Crippen molar-refractivity contribution in [3.05, 3.63) is 71.8 Å². The fraction of sp³-hybridized carbons (Fsp3) is 0.222. The number of benzene rings is 3. The molecule has 1 amide bonds. The molecule has 0 saturated carbocycles. The topological polar surface area (TPSA) is 142 Å². The van der Waals surface area contributed by atoms with Gasteiger partial charge in [0.05, 0.1) is 45.2 Å². The van der Waals surface area contributed by atoms with E-state index in [4.69, 9.17) is 18.9 Å². The van der Waals surface area contributed by atoms with Crippen molar-refractivity contribution in [2.75, 3.05) is 39.3 Å². The number of nitrogens with one attached hydrogen (secondary N) is 1. The monoisotopic (exact) mass is 571 g/mol. The Morgan fingerprint density at radius 3 is 2.20 bits per heavy atom. The van der Waals surface area contributed by atoms with Gasteiger partial charge < -0.3 is 23.7 Å². The zero-order valence-electron chi connectivity index (χ0n) is 22.5. The van der Waals surface area contributed by atoms with Gasteiger partial charge in [0.1, 0.15) is 18.0 Å². The molecule has 12 nitrogen and oxygen atoms in total. The van der Waals surface area contributed by atoms with Gasteiger partial charge in [-0.2, -0.15) is 5.10 Å². The molecule has 0 radical (unpaired) electrons. The van der Waals surface area contributed by atoms with Crippen LogP contribution in [0, 0.1) is 6.92 Å². The molecule has 13 heteroatoms. The molecule has 0 aliphatic heterocycles. The van der Waals surface area contributed by atoms with Crippen molar-refractivity contribution >= 4 is 34.0 Å². The maximum absolute atomic E-state index is 13.7. The van der Waals surface area contributed by atoms with Gasteiger partial charge in [0.2, 0.25) is 0 Å². The van der Waals surface area contributed by atoms with Crippen molar-refractivity contribution in [1.82, 2.24) is 5.43 Å². The lowest BCUT2D eigenvalue weighted by atomic mass is 10.2. The van der Waals surface area contributed by atoms with Gasteiger partial charge >= 0.3 is 6.16 Å². The molecule has 212 valence electrons. The predicted octanol–water partition coefficient (Wildman–Crippen LogP) is 3.51. The molecule has 0 aromatic heterocycles. The number of rotatable bonds is 11. The molecule has 0 aliphatic carbocycles. The summed E-state index contributed by atoms with van der Waals surface area (Å²) in [5, 5.41) is 3.92. The van der Waals surface area contributed by atoms with Crippen LogP contribution in [-0.2, 0) is 19.6 Å². The molecule has 0 atom stereocenters. The van der Waals surface area contributed by atoms with E-state index in [-0.39, 0.29) is 27.8 Å². The van der Waals surface area contributed by atoms with E-state index in [9.17, 15) is 18.0 Å². The minimum absolute atomic E-state index is 0.00590. The molecule has 40 heavy (non-hydrogen) atoms. The lowest BCUT2D eigenvalue weighted by molar-refractivity contribution is -0.119. The van der Waals surface area contributed by atoms with E-state index in [0.29, 0.717) is 11.3 Å². The molecule has 3 rings (SSSR count). The highest BCUT2D eigenvalue weighted by atomic mass is 32.2. The van der Waals surface area contributed by atoms with E-state index in [1.165, 1.54) is 71.1 Å². The van der Waals surface area contributed by atoms with Gasteiger partial charge in [0.15, 0.2) is 11.5 Å². The quantitative estimate of drug-likeness (QED) is 0.158. The molecule has 3 aromatic rings. The number of amides is 1. The third-order valence-electron chi connectivity index (χ3n) is 5.50. The van der Waals surface area contributed by atoms with E-state index in [1.807, 2.05) is 6.92 Å². The Labute approximate surface area is 232 Å². The van der Waals surface area contributed by atoms with Gasteiger partial charge in [-0.1, -0.05) is 17.7 Å². The SMILES string of the molecule is COC(=O)Oc1ccc(C=NNC(=O)CN(c2ccc(OC)cc2OC)S(=O)(=O)c2ccc(C)cc2)cc1OC. The third kappa shape index (κ3) is 7.20. The fourth-order valence-corrected chi connectivity index (χ4v) is 4.88. The van der Waals surface area contributed by atoms with Crippen LogP contribution in [0.25, 0.3) is 0 Å². The van der Waals surface area contributed by atoms with E-state index in [0.717, 1.165) is 9.87 Å². The Bertz CT molecular complexity index is 1490. The summed E-state index contributed by atoms with van der Waals surface area (Å²) in [6.45, 7) is 1.23. The van der Waals surface area contributed by atoms with Crippen LogP contribution in [0.4, 0.5) is 10.5 Å². The van der Waals surface area contributed by atoms with Crippen molar-refractivity contribution in [3.8, 4) is 23.0 Å². The second kappa shape index (κ2) is 13.3. The highest BCUT2D eigenvalue weighted by molar-refractivity contribution is 7.92. The number of hydrogen-bond donors (Lipinski definition) is 1. The van der Waals surface area contributed by atoms with Crippen LogP contribution in [0.2, 0.25) is 0 Å². The predicted molar refractivity (Wildman–Crippen MR) is 147 cm³/mol. The van der Waals surface area contributed by atoms with Gasteiger partial charge in [-0.25, -0.2) is 18.6 Å². The number of carbonyl (C=O) groups excluding carboxylic acids is 2. The summed E-state index contributed by atoms with van der Waals surface area (Å²) in [6, 6.07) is 15.4. The summed E-state index contributed by atoms with van der Waals surface area (Å²) >= 11 is 0. The first-order valence-electron chi connectivity index (χ1n) is 11.7. The maximum atomic E-state index is 13.7. The summed E-state index contributed by atoms with van der Waals surface area (Å²) in [4.78, 5) is 24.3. The molecule has 0 bridgehead atoms. The van der Waals surface area contributed by atoms with Crippen molar-refractivity contribution < 1.29 is 41.7 Å². The molecule has 0 saturated heterocycles. The zero-order valence-corrected chi connectivity index (χ0v) is 23.4. The van der Waals surface area contributed by atoms with Crippen LogP contribution in [0.15, 0.2) is 70.7 Å². The summed E-state index contributed by atoms with van der Waals surface area (Å²) in [5.74, 6) is 0.263. The summed E-state index contributed by atoms with van der Waals surface area (Å²) < 4.78 is 53.5. The number of nitrogens with zero attached hydrogens (tertiary/aromatic N) is 2. The molecule has 0 fully saturated rings. The minimum Gasteiger partial charge on any atom is -0.497 e. The summed E-state index contributed by atoms with van der Waals surface area (Å²) in [7, 11) is 1.23. The number of hydrogen-bond acceptors (Lipinski definition) is 10. The maximum Gasteiger partial charge on any atom is 0.513 e. The highest BCUT2D eigenvalue weighted by Gasteiger charge is 2.29. The van der Waals surface area contributed by atoms with E-state index < -0.39 is 28.6 Å². The second-order valence-electron chi connectivity index (χ2n) is 8.12. The van der Waals surface area contributed by atoms with Crippen LogP contribution in [0.1, 0.15) is 11.1 Å². The number of hydrazone groups is 1. The number of sulfonamides is 1. The number of methoxy groups -OCH3 is 4. The van der Waals surface area contributed by atoms with Crippen LogP contribution in [-0.4, -0.2) is 61.7 Å².